The largest absolute Gasteiger partial charge is 0.488 e. The number of ether oxygens (including phenoxy) is 2. The van der Waals surface area contributed by atoms with Crippen LogP contribution in [0.25, 0.3) is 0 Å². The molecule has 10 heteroatoms. The zero-order chi connectivity index (χ0) is 25.2. The van der Waals surface area contributed by atoms with E-state index in [4.69, 9.17) is 9.47 Å². The van der Waals surface area contributed by atoms with Crippen molar-refractivity contribution in [2.24, 2.45) is 5.10 Å². The molecule has 3 aromatic rings. The van der Waals surface area contributed by atoms with Gasteiger partial charge in [-0.25, -0.2) is 20.2 Å². The number of nitrogens with one attached hydrogen (secondary N) is 1. The van der Waals surface area contributed by atoms with Crippen LogP contribution in [0.4, 0.5) is 0 Å². The number of hydrogen-bond donors (Lipinski definition) is 1. The normalized spacial score (nSPS) is 10.9. The summed E-state index contributed by atoms with van der Waals surface area (Å²) >= 11 is 4.69. The molecule has 0 bridgehead atoms. The second-order valence-electron chi connectivity index (χ2n) is 7.40. The average Bonchev–Trinajstić information content (AvgIpc) is 2.82. The number of nitrogens with zero attached hydrogens (tertiary/aromatic N) is 3. The third kappa shape index (κ3) is 8.48. The van der Waals surface area contributed by atoms with Gasteiger partial charge in [-0.3, -0.25) is 4.79 Å². The van der Waals surface area contributed by atoms with Gasteiger partial charge in [-0.05, 0) is 62.7 Å². The third-order valence-corrected chi connectivity index (χ3v) is 5.86. The van der Waals surface area contributed by atoms with Crippen LogP contribution in [0.2, 0.25) is 0 Å². The monoisotopic (exact) mass is 556 g/mol. The van der Waals surface area contributed by atoms with Crippen molar-refractivity contribution in [3.05, 3.63) is 81.1 Å². The van der Waals surface area contributed by atoms with Gasteiger partial charge in [-0.2, -0.15) is 5.10 Å². The van der Waals surface area contributed by atoms with Crippen LogP contribution in [0.15, 0.2) is 63.3 Å². The minimum atomic E-state index is -0.353. The fourth-order valence-corrected chi connectivity index (χ4v) is 4.08. The predicted molar refractivity (Wildman–Crippen MR) is 139 cm³/mol. The van der Waals surface area contributed by atoms with Crippen LogP contribution in [0.3, 0.4) is 0 Å². The first kappa shape index (κ1) is 26.4. The number of rotatable bonds is 10. The smallest absolute Gasteiger partial charge is 0.338 e. The van der Waals surface area contributed by atoms with E-state index < -0.39 is 0 Å². The lowest BCUT2D eigenvalue weighted by Gasteiger charge is -2.10. The van der Waals surface area contributed by atoms with Gasteiger partial charge in [0.15, 0.2) is 5.16 Å². The molecule has 0 fully saturated rings. The number of aryl methyl sites for hydroxylation is 2. The Labute approximate surface area is 216 Å². The van der Waals surface area contributed by atoms with E-state index in [1.807, 2.05) is 50.2 Å². The molecule has 0 saturated carbocycles. The number of benzene rings is 2. The average molecular weight is 557 g/mol. The van der Waals surface area contributed by atoms with E-state index in [2.05, 4.69) is 36.4 Å². The fraction of sp³-hybridized carbons (Fsp3) is 0.240. The molecule has 0 aliphatic carbocycles. The molecule has 1 N–H and O–H groups in total. The Bertz CT molecular complexity index is 1200. The van der Waals surface area contributed by atoms with Gasteiger partial charge < -0.3 is 9.47 Å². The highest BCUT2D eigenvalue weighted by atomic mass is 79.9. The lowest BCUT2D eigenvalue weighted by molar-refractivity contribution is -0.118. The highest BCUT2D eigenvalue weighted by Gasteiger charge is 2.08. The van der Waals surface area contributed by atoms with Gasteiger partial charge >= 0.3 is 5.97 Å². The van der Waals surface area contributed by atoms with Crippen molar-refractivity contribution in [3.8, 4) is 5.75 Å². The molecule has 0 spiro atoms. The minimum absolute atomic E-state index is 0.143. The number of amides is 1. The Morgan fingerprint density at radius 1 is 1.09 bits per heavy atom. The van der Waals surface area contributed by atoms with Crippen molar-refractivity contribution < 1.29 is 19.1 Å². The van der Waals surface area contributed by atoms with Crippen molar-refractivity contribution in [2.75, 3.05) is 12.4 Å². The number of carbonyl (C=O) groups is 2. The van der Waals surface area contributed by atoms with Gasteiger partial charge in [0, 0.05) is 21.4 Å². The third-order valence-electron chi connectivity index (χ3n) is 4.52. The Hall–Kier alpha value is -3.24. The molecule has 35 heavy (non-hydrogen) atoms. The molecule has 1 aromatic heterocycles. The number of hydrogen-bond acceptors (Lipinski definition) is 8. The van der Waals surface area contributed by atoms with E-state index in [-0.39, 0.29) is 17.6 Å². The molecule has 1 heterocycles. The molecular weight excluding hydrogens is 532 g/mol. The summed E-state index contributed by atoms with van der Waals surface area (Å²) in [5.74, 6) is 0.115. The van der Waals surface area contributed by atoms with Crippen LogP contribution < -0.4 is 10.2 Å². The molecule has 8 nitrogen and oxygen atoms in total. The number of carbonyl (C=O) groups excluding carboxylic acids is 2. The molecule has 0 unspecified atom stereocenters. The number of halogens is 1. The Balaban J connectivity index is 1.56. The van der Waals surface area contributed by atoms with E-state index in [0.29, 0.717) is 35.2 Å². The number of thioether (sulfide) groups is 1. The lowest BCUT2D eigenvalue weighted by Crippen LogP contribution is -2.20. The standard InChI is InChI=1S/C25H25BrN4O4S/c1-4-33-24(32)19-7-5-18(6-8-19)14-34-22-10-9-21(26)12-20(22)13-27-30-23(31)15-35-25-28-16(2)11-17(3)29-25/h5-13H,4,14-15H2,1-3H3,(H,30,31)/b27-13+. The van der Waals surface area contributed by atoms with Crippen molar-refractivity contribution in [2.45, 2.75) is 32.5 Å². The zero-order valence-corrected chi connectivity index (χ0v) is 22.0. The Morgan fingerprint density at radius 3 is 2.49 bits per heavy atom. The van der Waals surface area contributed by atoms with E-state index in [1.165, 1.54) is 18.0 Å². The van der Waals surface area contributed by atoms with Crippen LogP contribution in [0.5, 0.6) is 5.75 Å². The molecule has 182 valence electrons. The van der Waals surface area contributed by atoms with E-state index in [0.717, 1.165) is 21.4 Å². The maximum absolute atomic E-state index is 12.2. The van der Waals surface area contributed by atoms with Gasteiger partial charge in [0.2, 0.25) is 0 Å². The molecule has 0 aliphatic heterocycles. The van der Waals surface area contributed by atoms with Crippen LogP contribution in [-0.4, -0.2) is 40.4 Å². The van der Waals surface area contributed by atoms with Crippen LogP contribution >= 0.6 is 27.7 Å². The van der Waals surface area contributed by atoms with E-state index >= 15 is 0 Å². The molecule has 0 radical (unpaired) electrons. The zero-order valence-electron chi connectivity index (χ0n) is 19.6. The first-order valence-corrected chi connectivity index (χ1v) is 12.6. The number of aromatic nitrogens is 2. The summed E-state index contributed by atoms with van der Waals surface area (Å²) in [6, 6.07) is 14.4. The Kier molecular flexibility index (Phi) is 9.80. The van der Waals surface area contributed by atoms with Crippen LogP contribution in [0.1, 0.15) is 39.8 Å². The van der Waals surface area contributed by atoms with Crippen molar-refractivity contribution >= 4 is 45.8 Å². The molecule has 0 saturated heterocycles. The summed E-state index contributed by atoms with van der Waals surface area (Å²) < 4.78 is 11.8. The van der Waals surface area contributed by atoms with Gasteiger partial charge in [0.25, 0.3) is 5.91 Å². The predicted octanol–water partition coefficient (Wildman–Crippen LogP) is 4.85. The maximum atomic E-state index is 12.2. The summed E-state index contributed by atoms with van der Waals surface area (Å²) in [6.45, 7) is 6.17. The SMILES string of the molecule is CCOC(=O)c1ccc(COc2ccc(Br)cc2/C=N/NC(=O)CSc2nc(C)cc(C)n2)cc1. The van der Waals surface area contributed by atoms with Crippen LogP contribution in [0, 0.1) is 13.8 Å². The van der Waals surface area contributed by atoms with Crippen LogP contribution in [-0.2, 0) is 16.1 Å². The van der Waals surface area contributed by atoms with Gasteiger partial charge in [-0.1, -0.05) is 39.8 Å². The molecule has 3 rings (SSSR count). The van der Waals surface area contributed by atoms with Crippen molar-refractivity contribution in [1.29, 1.82) is 0 Å². The minimum Gasteiger partial charge on any atom is -0.488 e. The second-order valence-corrected chi connectivity index (χ2v) is 9.26. The molecular formula is C25H25BrN4O4S. The van der Waals surface area contributed by atoms with Gasteiger partial charge in [0.05, 0.1) is 24.1 Å². The number of esters is 1. The van der Waals surface area contributed by atoms with E-state index in [1.54, 1.807) is 19.1 Å². The second kappa shape index (κ2) is 13.0. The first-order valence-electron chi connectivity index (χ1n) is 10.8. The summed E-state index contributed by atoms with van der Waals surface area (Å²) in [4.78, 5) is 32.6. The highest BCUT2D eigenvalue weighted by molar-refractivity contribution is 9.10. The summed E-state index contributed by atoms with van der Waals surface area (Å²) in [7, 11) is 0. The fourth-order valence-electron chi connectivity index (χ4n) is 2.96. The quantitative estimate of drug-likeness (QED) is 0.125. The van der Waals surface area contributed by atoms with E-state index in [9.17, 15) is 9.59 Å². The first-order chi connectivity index (χ1) is 16.8. The highest BCUT2D eigenvalue weighted by Crippen LogP contribution is 2.23. The summed E-state index contributed by atoms with van der Waals surface area (Å²) in [5, 5.41) is 4.62. The van der Waals surface area contributed by atoms with Crippen molar-refractivity contribution in [1.82, 2.24) is 15.4 Å². The topological polar surface area (TPSA) is 103 Å². The van der Waals surface area contributed by atoms with Gasteiger partial charge in [0.1, 0.15) is 12.4 Å². The molecule has 0 aliphatic rings. The maximum Gasteiger partial charge on any atom is 0.338 e. The Morgan fingerprint density at radius 2 is 1.80 bits per heavy atom. The molecule has 0 atom stereocenters. The van der Waals surface area contributed by atoms with Crippen molar-refractivity contribution in [3.63, 3.8) is 0 Å². The summed E-state index contributed by atoms with van der Waals surface area (Å²) in [6.07, 6.45) is 1.53. The molecule has 1 amide bonds. The number of hydrazone groups is 1. The van der Waals surface area contributed by atoms with Gasteiger partial charge in [-0.15, -0.1) is 0 Å². The molecule has 2 aromatic carbocycles. The lowest BCUT2D eigenvalue weighted by atomic mass is 10.1. The summed E-state index contributed by atoms with van der Waals surface area (Å²) in [5.41, 5.74) is 6.30.